The molecule has 138 valence electrons. The van der Waals surface area contributed by atoms with Gasteiger partial charge in [0.15, 0.2) is 0 Å². The maximum absolute atomic E-state index is 11.1. The van der Waals surface area contributed by atoms with Crippen LogP contribution < -0.4 is 0 Å². The van der Waals surface area contributed by atoms with Crippen LogP contribution in [-0.4, -0.2) is 35.2 Å². The summed E-state index contributed by atoms with van der Waals surface area (Å²) in [6.45, 7) is 3.20. The highest BCUT2D eigenvalue weighted by molar-refractivity contribution is 6.35. The molecule has 0 bridgehead atoms. The zero-order valence-corrected chi connectivity index (χ0v) is 16.4. The topological polar surface area (TPSA) is 23.5 Å². The number of hydrogen-bond donors (Lipinski definition) is 1. The number of likely N-dealkylation sites (tertiary alicyclic amines) is 1. The first-order chi connectivity index (χ1) is 12.5. The van der Waals surface area contributed by atoms with Crippen molar-refractivity contribution in [2.75, 3.05) is 19.6 Å². The summed E-state index contributed by atoms with van der Waals surface area (Å²) in [6, 6.07) is 16.1. The Labute approximate surface area is 165 Å². The second-order valence-corrected chi connectivity index (χ2v) is 8.90. The molecule has 2 unspecified atom stereocenters. The van der Waals surface area contributed by atoms with Crippen LogP contribution in [0.4, 0.5) is 0 Å². The highest BCUT2D eigenvalue weighted by Gasteiger charge is 2.47. The molecule has 2 aromatic carbocycles. The van der Waals surface area contributed by atoms with Crippen LogP contribution in [0.1, 0.15) is 24.0 Å². The molecule has 4 heteroatoms. The van der Waals surface area contributed by atoms with Gasteiger partial charge in [0.25, 0.3) is 0 Å². The number of benzene rings is 2. The fraction of sp³-hybridized carbons (Fsp3) is 0.455. The van der Waals surface area contributed by atoms with Crippen molar-refractivity contribution in [3.63, 3.8) is 0 Å². The highest BCUT2D eigenvalue weighted by Crippen LogP contribution is 2.45. The van der Waals surface area contributed by atoms with Crippen molar-refractivity contribution < 1.29 is 5.11 Å². The van der Waals surface area contributed by atoms with Gasteiger partial charge < -0.3 is 10.0 Å². The monoisotopic (exact) mass is 389 g/mol. The van der Waals surface area contributed by atoms with Crippen LogP contribution in [-0.2, 0) is 12.8 Å². The number of aliphatic hydroxyl groups is 1. The maximum atomic E-state index is 11.1. The van der Waals surface area contributed by atoms with Crippen molar-refractivity contribution in [3.05, 3.63) is 69.7 Å². The third-order valence-corrected chi connectivity index (χ3v) is 6.61. The molecule has 4 rings (SSSR count). The molecule has 0 amide bonds. The van der Waals surface area contributed by atoms with E-state index >= 15 is 0 Å². The summed E-state index contributed by atoms with van der Waals surface area (Å²) >= 11 is 12.3. The fourth-order valence-electron chi connectivity index (χ4n) is 4.86. The third-order valence-electron chi connectivity index (χ3n) is 6.02. The number of nitrogens with zero attached hydrogens (tertiary/aromatic N) is 1. The maximum Gasteiger partial charge on any atom is 0.0694 e. The SMILES string of the molecule is OC1(Cc2ccccc2)CC2CN(CCc3ccc(Cl)cc3Cl)CC2C1. The standard InChI is InChI=1S/C22H25Cl2NO/c23-20-7-6-17(21(24)10-20)8-9-25-14-18-12-22(26,13-19(18)15-25)11-16-4-2-1-3-5-16/h1-7,10,18-19,26H,8-9,11-15H2. The summed E-state index contributed by atoms with van der Waals surface area (Å²) in [6.07, 6.45) is 3.57. The molecule has 26 heavy (non-hydrogen) atoms. The van der Waals surface area contributed by atoms with E-state index in [-0.39, 0.29) is 0 Å². The molecule has 2 atom stereocenters. The second-order valence-electron chi connectivity index (χ2n) is 8.06. The average molecular weight is 390 g/mol. The summed E-state index contributed by atoms with van der Waals surface area (Å²) < 4.78 is 0. The van der Waals surface area contributed by atoms with Gasteiger partial charge in [0.05, 0.1) is 5.60 Å². The predicted molar refractivity (Wildman–Crippen MR) is 108 cm³/mol. The molecule has 1 saturated heterocycles. The van der Waals surface area contributed by atoms with Crippen molar-refractivity contribution in [1.29, 1.82) is 0 Å². The number of rotatable bonds is 5. The zero-order chi connectivity index (χ0) is 18.1. The Hall–Kier alpha value is -1.06. The van der Waals surface area contributed by atoms with Gasteiger partial charge in [-0.3, -0.25) is 0 Å². The van der Waals surface area contributed by atoms with E-state index in [2.05, 4.69) is 29.2 Å². The summed E-state index contributed by atoms with van der Waals surface area (Å²) in [5, 5.41) is 12.5. The van der Waals surface area contributed by atoms with Gasteiger partial charge >= 0.3 is 0 Å². The normalized spacial score (nSPS) is 28.4. The molecular weight excluding hydrogens is 365 g/mol. The van der Waals surface area contributed by atoms with E-state index in [4.69, 9.17) is 23.2 Å². The minimum Gasteiger partial charge on any atom is -0.390 e. The van der Waals surface area contributed by atoms with Crippen molar-refractivity contribution in [3.8, 4) is 0 Å². The number of hydrogen-bond acceptors (Lipinski definition) is 2. The Morgan fingerprint density at radius 1 is 1.00 bits per heavy atom. The van der Waals surface area contributed by atoms with E-state index in [0.717, 1.165) is 55.9 Å². The lowest BCUT2D eigenvalue weighted by Crippen LogP contribution is -2.32. The molecule has 0 spiro atoms. The first-order valence-electron chi connectivity index (χ1n) is 9.43. The minimum atomic E-state index is -0.526. The number of fused-ring (bicyclic) bond motifs is 1. The molecule has 0 aromatic heterocycles. The molecule has 2 fully saturated rings. The van der Waals surface area contributed by atoms with Crippen molar-refractivity contribution in [1.82, 2.24) is 4.90 Å². The summed E-state index contributed by atoms with van der Waals surface area (Å²) in [5.41, 5.74) is 1.88. The Kier molecular flexibility index (Phi) is 5.29. The quantitative estimate of drug-likeness (QED) is 0.789. The Morgan fingerprint density at radius 2 is 1.69 bits per heavy atom. The molecule has 2 nitrogen and oxygen atoms in total. The Bertz CT molecular complexity index is 750. The molecule has 1 aliphatic carbocycles. The van der Waals surface area contributed by atoms with E-state index in [0.29, 0.717) is 16.9 Å². The lowest BCUT2D eigenvalue weighted by molar-refractivity contribution is 0.0355. The van der Waals surface area contributed by atoms with Gasteiger partial charge in [-0.1, -0.05) is 59.6 Å². The van der Waals surface area contributed by atoms with Crippen molar-refractivity contribution in [2.24, 2.45) is 11.8 Å². The first-order valence-corrected chi connectivity index (χ1v) is 10.2. The van der Waals surface area contributed by atoms with E-state index in [1.165, 1.54) is 5.56 Å². The van der Waals surface area contributed by atoms with E-state index in [9.17, 15) is 5.11 Å². The Morgan fingerprint density at radius 3 is 2.35 bits per heavy atom. The minimum absolute atomic E-state index is 0.526. The molecule has 1 N–H and O–H groups in total. The third kappa shape index (κ3) is 4.09. The van der Waals surface area contributed by atoms with E-state index < -0.39 is 5.60 Å². The molecule has 2 aromatic rings. The van der Waals surface area contributed by atoms with E-state index in [1.807, 2.05) is 24.3 Å². The van der Waals surface area contributed by atoms with Gasteiger partial charge in [0.2, 0.25) is 0 Å². The average Bonchev–Trinajstić information content (AvgIpc) is 3.09. The lowest BCUT2D eigenvalue weighted by atomic mass is 9.91. The number of halogens is 2. The van der Waals surface area contributed by atoms with Gasteiger partial charge in [-0.05, 0) is 54.4 Å². The largest absolute Gasteiger partial charge is 0.390 e. The van der Waals surface area contributed by atoms with Gasteiger partial charge in [-0.15, -0.1) is 0 Å². The molecule has 1 heterocycles. The van der Waals surface area contributed by atoms with Crippen LogP contribution in [0, 0.1) is 11.8 Å². The second kappa shape index (κ2) is 7.52. The van der Waals surface area contributed by atoms with E-state index in [1.54, 1.807) is 0 Å². The molecule has 1 saturated carbocycles. The van der Waals surface area contributed by atoms with Crippen LogP contribution in [0.2, 0.25) is 10.0 Å². The van der Waals surface area contributed by atoms with Crippen LogP contribution in [0.25, 0.3) is 0 Å². The highest BCUT2D eigenvalue weighted by atomic mass is 35.5. The van der Waals surface area contributed by atoms with Crippen LogP contribution in [0.3, 0.4) is 0 Å². The molecular formula is C22H25Cl2NO. The summed E-state index contributed by atoms with van der Waals surface area (Å²) in [4.78, 5) is 2.53. The predicted octanol–water partition coefficient (Wildman–Crippen LogP) is 4.85. The van der Waals surface area contributed by atoms with Gasteiger partial charge in [0, 0.05) is 36.1 Å². The van der Waals surface area contributed by atoms with Crippen molar-refractivity contribution >= 4 is 23.2 Å². The molecule has 1 aliphatic heterocycles. The smallest absolute Gasteiger partial charge is 0.0694 e. The van der Waals surface area contributed by atoms with Crippen LogP contribution in [0.15, 0.2) is 48.5 Å². The molecule has 2 aliphatic rings. The molecule has 0 radical (unpaired) electrons. The van der Waals surface area contributed by atoms with Gasteiger partial charge in [-0.2, -0.15) is 0 Å². The summed E-state index contributed by atoms with van der Waals surface area (Å²) in [7, 11) is 0. The first kappa shape index (κ1) is 18.3. The fourth-order valence-corrected chi connectivity index (χ4v) is 5.37. The van der Waals surface area contributed by atoms with Crippen LogP contribution in [0.5, 0.6) is 0 Å². The Balaban J connectivity index is 1.30. The van der Waals surface area contributed by atoms with Gasteiger partial charge in [-0.25, -0.2) is 0 Å². The summed E-state index contributed by atoms with van der Waals surface area (Å²) in [5.74, 6) is 1.23. The lowest BCUT2D eigenvalue weighted by Gasteiger charge is -2.26. The van der Waals surface area contributed by atoms with Crippen LogP contribution >= 0.6 is 23.2 Å². The van der Waals surface area contributed by atoms with Crippen molar-refractivity contribution in [2.45, 2.75) is 31.3 Å². The van der Waals surface area contributed by atoms with Gasteiger partial charge in [0.1, 0.15) is 0 Å². The zero-order valence-electron chi connectivity index (χ0n) is 14.9.